The summed E-state index contributed by atoms with van der Waals surface area (Å²) in [7, 11) is 2.06. The SMILES string of the molecule is CCN(C(=O)c1cc(F)ccc1Oc1nncnc1N1CCC2(C1)CN([C@H](CCN(C)CCO)C(C)C)C2)C(C)C. The molecular weight excluding hydrogens is 525 g/mol. The van der Waals surface area contributed by atoms with Crippen LogP contribution in [-0.2, 0) is 0 Å². The van der Waals surface area contributed by atoms with Gasteiger partial charge >= 0.3 is 0 Å². The van der Waals surface area contributed by atoms with Gasteiger partial charge in [-0.1, -0.05) is 13.8 Å². The van der Waals surface area contributed by atoms with Gasteiger partial charge in [-0.3, -0.25) is 9.69 Å². The lowest BCUT2D eigenvalue weighted by Crippen LogP contribution is -2.62. The molecule has 41 heavy (non-hydrogen) atoms. The third-order valence-electron chi connectivity index (χ3n) is 8.52. The Morgan fingerprint density at radius 1 is 1.20 bits per heavy atom. The van der Waals surface area contributed by atoms with Crippen molar-refractivity contribution in [1.29, 1.82) is 0 Å². The highest BCUT2D eigenvalue weighted by Crippen LogP contribution is 2.44. The van der Waals surface area contributed by atoms with Crippen molar-refractivity contribution in [2.75, 3.05) is 64.4 Å². The van der Waals surface area contributed by atoms with E-state index in [-0.39, 0.29) is 41.2 Å². The largest absolute Gasteiger partial charge is 0.434 e. The van der Waals surface area contributed by atoms with Crippen LogP contribution in [0.4, 0.5) is 10.2 Å². The van der Waals surface area contributed by atoms with Crippen molar-refractivity contribution in [2.24, 2.45) is 11.3 Å². The minimum atomic E-state index is -0.506. The molecule has 2 aliphatic heterocycles. The lowest BCUT2D eigenvalue weighted by molar-refractivity contribution is -0.0355. The fraction of sp³-hybridized carbons (Fsp3) is 0.667. The number of likely N-dealkylation sites (tertiary alicyclic amines) is 1. The number of likely N-dealkylation sites (N-methyl/N-ethyl adjacent to an activating group) is 1. The number of aromatic nitrogens is 3. The van der Waals surface area contributed by atoms with E-state index < -0.39 is 5.82 Å². The Labute approximate surface area is 243 Å². The molecule has 2 fully saturated rings. The van der Waals surface area contributed by atoms with E-state index in [1.165, 1.54) is 24.5 Å². The molecule has 2 aliphatic rings. The number of nitrogens with zero attached hydrogens (tertiary/aromatic N) is 7. The van der Waals surface area contributed by atoms with E-state index in [0.29, 0.717) is 30.9 Å². The highest BCUT2D eigenvalue weighted by atomic mass is 19.1. The monoisotopic (exact) mass is 571 g/mol. The summed E-state index contributed by atoms with van der Waals surface area (Å²) in [6, 6.07) is 4.42. The van der Waals surface area contributed by atoms with Crippen LogP contribution in [0.5, 0.6) is 11.6 Å². The Kier molecular flexibility index (Phi) is 10.1. The summed E-state index contributed by atoms with van der Waals surface area (Å²) in [5.41, 5.74) is 0.330. The van der Waals surface area contributed by atoms with Crippen molar-refractivity contribution in [1.82, 2.24) is 29.9 Å². The highest BCUT2D eigenvalue weighted by Gasteiger charge is 2.50. The van der Waals surface area contributed by atoms with Gasteiger partial charge in [0.15, 0.2) is 5.82 Å². The summed E-state index contributed by atoms with van der Waals surface area (Å²) < 4.78 is 20.4. The topological polar surface area (TPSA) is 98.2 Å². The predicted octanol–water partition coefficient (Wildman–Crippen LogP) is 3.52. The van der Waals surface area contributed by atoms with Crippen LogP contribution in [-0.4, -0.2) is 112 Å². The van der Waals surface area contributed by atoms with Gasteiger partial charge < -0.3 is 24.5 Å². The first-order chi connectivity index (χ1) is 19.6. The molecule has 0 aliphatic carbocycles. The summed E-state index contributed by atoms with van der Waals surface area (Å²) in [5.74, 6) is 0.765. The molecule has 1 aromatic carbocycles. The minimum absolute atomic E-state index is 0.0445. The molecule has 0 saturated carbocycles. The number of amides is 1. The Bertz CT molecular complexity index is 1170. The van der Waals surface area contributed by atoms with E-state index >= 15 is 0 Å². The van der Waals surface area contributed by atoms with Gasteiger partial charge in [0.25, 0.3) is 11.8 Å². The van der Waals surface area contributed by atoms with Crippen molar-refractivity contribution >= 4 is 11.7 Å². The zero-order valence-corrected chi connectivity index (χ0v) is 25.4. The van der Waals surface area contributed by atoms with Crippen molar-refractivity contribution in [3.63, 3.8) is 0 Å². The van der Waals surface area contributed by atoms with Gasteiger partial charge in [-0.05, 0) is 71.3 Å². The van der Waals surface area contributed by atoms with Crippen molar-refractivity contribution in [3.8, 4) is 11.6 Å². The van der Waals surface area contributed by atoms with E-state index in [2.05, 4.69) is 50.8 Å². The molecular formula is C30H46FN7O3. The Balaban J connectivity index is 1.46. The summed E-state index contributed by atoms with van der Waals surface area (Å²) in [5, 5.41) is 17.4. The van der Waals surface area contributed by atoms with Gasteiger partial charge in [0.1, 0.15) is 17.9 Å². The number of hydrogen-bond acceptors (Lipinski definition) is 9. The molecule has 10 nitrogen and oxygen atoms in total. The normalized spacial score (nSPS) is 17.5. The standard InChI is InChI=1S/C30H46FN7O3/c1-7-38(22(4)5)29(40)24-16-23(31)8-9-26(24)41-28-27(32-20-33-34-28)36-13-11-30(17-36)18-37(19-30)25(21(2)3)10-12-35(6)14-15-39/h8-9,16,20-22,25,39H,7,10-15,17-19H2,1-6H3/t25-/m1/s1. The van der Waals surface area contributed by atoms with E-state index in [0.717, 1.165) is 45.6 Å². The number of carbonyl (C=O) groups excluding carboxylic acids is 1. The van der Waals surface area contributed by atoms with Crippen LogP contribution >= 0.6 is 0 Å². The lowest BCUT2D eigenvalue weighted by atomic mass is 9.76. The van der Waals surface area contributed by atoms with Gasteiger partial charge in [-0.15, -0.1) is 10.2 Å². The minimum Gasteiger partial charge on any atom is -0.434 e. The van der Waals surface area contributed by atoms with Gasteiger partial charge in [-0.25, -0.2) is 9.37 Å². The summed E-state index contributed by atoms with van der Waals surface area (Å²) in [6.45, 7) is 16.4. The smallest absolute Gasteiger partial charge is 0.282 e. The molecule has 0 bridgehead atoms. The molecule has 1 aromatic heterocycles. The van der Waals surface area contributed by atoms with Gasteiger partial charge in [0, 0.05) is 56.8 Å². The number of aliphatic hydroxyl groups is 1. The fourth-order valence-electron chi connectivity index (χ4n) is 6.30. The van der Waals surface area contributed by atoms with Crippen molar-refractivity contribution in [2.45, 2.75) is 59.5 Å². The molecule has 0 unspecified atom stereocenters. The maximum Gasteiger partial charge on any atom is 0.282 e. The van der Waals surface area contributed by atoms with Crippen LogP contribution in [0.25, 0.3) is 0 Å². The first-order valence-electron chi connectivity index (χ1n) is 14.8. The zero-order valence-electron chi connectivity index (χ0n) is 25.4. The molecule has 3 heterocycles. The van der Waals surface area contributed by atoms with Crippen molar-refractivity contribution < 1.29 is 19.0 Å². The van der Waals surface area contributed by atoms with Crippen LogP contribution < -0.4 is 9.64 Å². The van der Waals surface area contributed by atoms with Crippen LogP contribution in [0.1, 0.15) is 57.8 Å². The molecule has 4 rings (SSSR count). The summed E-state index contributed by atoms with van der Waals surface area (Å²) in [6.07, 6.45) is 3.53. The molecule has 2 aromatic rings. The second-order valence-electron chi connectivity index (χ2n) is 12.2. The van der Waals surface area contributed by atoms with E-state index in [1.54, 1.807) is 4.90 Å². The maximum atomic E-state index is 14.2. The average molecular weight is 572 g/mol. The summed E-state index contributed by atoms with van der Waals surface area (Å²) >= 11 is 0. The highest BCUT2D eigenvalue weighted by molar-refractivity contribution is 5.97. The van der Waals surface area contributed by atoms with Crippen LogP contribution in [0.2, 0.25) is 0 Å². The van der Waals surface area contributed by atoms with Gasteiger partial charge in [-0.2, -0.15) is 0 Å². The Morgan fingerprint density at radius 2 is 1.95 bits per heavy atom. The van der Waals surface area contributed by atoms with E-state index in [1.807, 2.05) is 20.8 Å². The molecule has 1 amide bonds. The summed E-state index contributed by atoms with van der Waals surface area (Å²) in [4.78, 5) is 26.5. The number of ether oxygens (including phenoxy) is 1. The molecule has 11 heteroatoms. The molecule has 1 atom stereocenters. The number of benzene rings is 1. The van der Waals surface area contributed by atoms with Crippen LogP contribution in [0.3, 0.4) is 0 Å². The first-order valence-corrected chi connectivity index (χ1v) is 14.8. The number of rotatable bonds is 13. The number of aliphatic hydroxyl groups excluding tert-OH is 1. The zero-order chi connectivity index (χ0) is 29.7. The van der Waals surface area contributed by atoms with Crippen molar-refractivity contribution in [3.05, 3.63) is 35.9 Å². The van der Waals surface area contributed by atoms with E-state index in [9.17, 15) is 14.3 Å². The number of anilines is 1. The van der Waals surface area contributed by atoms with Crippen LogP contribution in [0, 0.1) is 17.2 Å². The molecule has 0 radical (unpaired) electrons. The number of carbonyl (C=O) groups is 1. The maximum absolute atomic E-state index is 14.2. The fourth-order valence-corrected chi connectivity index (χ4v) is 6.30. The second kappa shape index (κ2) is 13.4. The number of halogens is 1. The quantitative estimate of drug-likeness (QED) is 0.387. The Hall–Kier alpha value is -2.89. The third kappa shape index (κ3) is 7.13. The third-order valence-corrected chi connectivity index (χ3v) is 8.52. The molecule has 1 N–H and O–H groups in total. The first kappa shape index (κ1) is 31.1. The number of hydrogen-bond donors (Lipinski definition) is 1. The lowest BCUT2D eigenvalue weighted by Gasteiger charge is -2.53. The molecule has 226 valence electrons. The van der Waals surface area contributed by atoms with Gasteiger partial charge in [0.05, 0.1) is 12.2 Å². The molecule has 1 spiro atoms. The van der Waals surface area contributed by atoms with E-state index in [4.69, 9.17) is 4.74 Å². The van der Waals surface area contributed by atoms with Gasteiger partial charge in [0.2, 0.25) is 0 Å². The second-order valence-corrected chi connectivity index (χ2v) is 12.2. The van der Waals surface area contributed by atoms with Crippen LogP contribution in [0.15, 0.2) is 24.5 Å². The predicted molar refractivity (Wildman–Crippen MR) is 157 cm³/mol. The molecule has 2 saturated heterocycles. The average Bonchev–Trinajstić information content (AvgIpc) is 3.35. The Morgan fingerprint density at radius 3 is 2.61 bits per heavy atom.